The molecule has 0 radical (unpaired) electrons. The molecule has 0 unspecified atom stereocenters. The van der Waals surface area contributed by atoms with Gasteiger partial charge in [0.1, 0.15) is 16.9 Å². The van der Waals surface area contributed by atoms with E-state index >= 15 is 0 Å². The third-order valence-electron chi connectivity index (χ3n) is 5.22. The van der Waals surface area contributed by atoms with Crippen LogP contribution in [-0.4, -0.2) is 45.0 Å². The average Bonchev–Trinajstić information content (AvgIpc) is 2.79. The molecule has 0 bridgehead atoms. The second kappa shape index (κ2) is 10.7. The summed E-state index contributed by atoms with van der Waals surface area (Å²) < 4.78 is 31.9. The number of nitriles is 1. The van der Waals surface area contributed by atoms with Gasteiger partial charge in [-0.3, -0.25) is 9.52 Å². The summed E-state index contributed by atoms with van der Waals surface area (Å²) in [4.78, 5) is 30.8. The minimum absolute atomic E-state index is 0.110. The van der Waals surface area contributed by atoms with Crippen LogP contribution in [0, 0.1) is 17.2 Å². The Labute approximate surface area is 198 Å². The second-order valence-corrected chi connectivity index (χ2v) is 9.68. The van der Waals surface area contributed by atoms with Crippen LogP contribution in [0.2, 0.25) is 0 Å². The number of rotatable bonds is 7. The number of piperidine rings is 1. The minimum Gasteiger partial charge on any atom is -0.462 e. The number of aromatic nitrogens is 1. The summed E-state index contributed by atoms with van der Waals surface area (Å²) in [5.41, 5.74) is 0.902. The maximum absolute atomic E-state index is 12.6. The highest BCUT2D eigenvalue weighted by atomic mass is 32.2. The van der Waals surface area contributed by atoms with Crippen LogP contribution in [0.5, 0.6) is 0 Å². The van der Waals surface area contributed by atoms with Crippen molar-refractivity contribution in [3.05, 3.63) is 53.1 Å². The van der Waals surface area contributed by atoms with Crippen LogP contribution < -0.4 is 9.62 Å². The molecule has 1 amide bonds. The lowest BCUT2D eigenvalue weighted by molar-refractivity contribution is -0.123. The molecular weight excluding hydrogens is 464 g/mol. The number of esters is 1. The zero-order valence-electron chi connectivity index (χ0n) is 18.0. The van der Waals surface area contributed by atoms with Gasteiger partial charge in [0.15, 0.2) is 0 Å². The molecule has 3 rings (SSSR count). The van der Waals surface area contributed by atoms with E-state index in [9.17, 15) is 23.3 Å². The molecule has 1 N–H and O–H groups in total. The monoisotopic (exact) mass is 488 g/mol. The van der Waals surface area contributed by atoms with Gasteiger partial charge in [-0.05, 0) is 31.4 Å². The van der Waals surface area contributed by atoms with E-state index in [4.69, 9.17) is 4.74 Å². The number of nitrogens with one attached hydrogen (secondary N) is 1. The smallest absolute Gasteiger partial charge is 0.340 e. The Balaban J connectivity index is 1.64. The molecule has 11 heteroatoms. The minimum atomic E-state index is -3.81. The van der Waals surface area contributed by atoms with E-state index < -0.39 is 27.8 Å². The highest BCUT2D eigenvalue weighted by Gasteiger charge is 2.30. The quantitative estimate of drug-likeness (QED) is 0.449. The van der Waals surface area contributed by atoms with E-state index in [0.29, 0.717) is 37.3 Å². The fourth-order valence-corrected chi connectivity index (χ4v) is 5.02. The van der Waals surface area contributed by atoms with Crippen molar-refractivity contribution < 1.29 is 22.7 Å². The van der Waals surface area contributed by atoms with E-state index in [2.05, 4.69) is 22.3 Å². The summed E-state index contributed by atoms with van der Waals surface area (Å²) >= 11 is 4.26. The molecule has 9 nitrogen and oxygen atoms in total. The molecule has 0 saturated carbocycles. The van der Waals surface area contributed by atoms with Crippen LogP contribution in [-0.2, 0) is 25.3 Å². The van der Waals surface area contributed by atoms with Gasteiger partial charge in [0.2, 0.25) is 15.9 Å². The maximum atomic E-state index is 12.6. The highest BCUT2D eigenvalue weighted by Crippen LogP contribution is 2.28. The molecule has 0 spiro atoms. The first-order valence-electron chi connectivity index (χ1n) is 10.4. The van der Waals surface area contributed by atoms with Crippen molar-refractivity contribution in [3.63, 3.8) is 0 Å². The molecule has 33 heavy (non-hydrogen) atoms. The SMILES string of the molecule is CCOC(=O)c1cc(C#N)c(N2CCC(C(=O)NS(=O)(=O)Cc3ccccc3)CC2)nc1S. The van der Waals surface area contributed by atoms with Gasteiger partial charge in [-0.1, -0.05) is 30.3 Å². The topological polar surface area (TPSA) is 129 Å². The van der Waals surface area contributed by atoms with Crippen molar-refractivity contribution in [1.82, 2.24) is 9.71 Å². The molecule has 174 valence electrons. The number of hydrogen-bond donors (Lipinski definition) is 2. The summed E-state index contributed by atoms with van der Waals surface area (Å²) in [5, 5.41) is 9.69. The first-order chi connectivity index (χ1) is 15.7. The standard InChI is InChI=1S/C22H24N4O5S2/c1-2-31-22(28)18-12-17(13-23)19(24-21(18)32)26-10-8-16(9-11-26)20(27)25-33(29,30)14-15-6-4-3-5-7-15/h3-7,12,16H,2,8-11,14H2,1H3,(H,24,32)(H,25,27). The number of benzene rings is 1. The predicted molar refractivity (Wildman–Crippen MR) is 124 cm³/mol. The number of sulfonamides is 1. The van der Waals surface area contributed by atoms with Crippen molar-refractivity contribution in [2.45, 2.75) is 30.5 Å². The molecule has 2 heterocycles. The van der Waals surface area contributed by atoms with E-state index in [1.54, 1.807) is 37.3 Å². The summed E-state index contributed by atoms with van der Waals surface area (Å²) in [7, 11) is -3.81. The summed E-state index contributed by atoms with van der Waals surface area (Å²) in [5.74, 6) is -1.53. The Morgan fingerprint density at radius 3 is 2.55 bits per heavy atom. The van der Waals surface area contributed by atoms with Crippen LogP contribution in [0.15, 0.2) is 41.4 Å². The Morgan fingerprint density at radius 2 is 1.94 bits per heavy atom. The van der Waals surface area contributed by atoms with Gasteiger partial charge >= 0.3 is 5.97 Å². The third kappa shape index (κ3) is 6.24. The van der Waals surface area contributed by atoms with Crippen LogP contribution in [0.1, 0.15) is 41.3 Å². The van der Waals surface area contributed by atoms with Crippen molar-refractivity contribution in [2.75, 3.05) is 24.6 Å². The molecular formula is C22H24N4O5S2. The van der Waals surface area contributed by atoms with Gasteiger partial charge in [-0.15, -0.1) is 12.6 Å². The number of pyridine rings is 1. The van der Waals surface area contributed by atoms with Crippen molar-refractivity contribution in [2.24, 2.45) is 5.92 Å². The maximum Gasteiger partial charge on any atom is 0.340 e. The van der Waals surface area contributed by atoms with Crippen LogP contribution in [0.4, 0.5) is 5.82 Å². The fraction of sp³-hybridized carbons (Fsp3) is 0.364. The van der Waals surface area contributed by atoms with E-state index in [1.165, 1.54) is 6.07 Å². The third-order valence-corrected chi connectivity index (χ3v) is 6.79. The molecule has 1 fully saturated rings. The lowest BCUT2D eigenvalue weighted by Gasteiger charge is -2.32. The van der Waals surface area contributed by atoms with Gasteiger partial charge in [-0.2, -0.15) is 5.26 Å². The van der Waals surface area contributed by atoms with E-state index in [0.717, 1.165) is 0 Å². The first-order valence-corrected chi connectivity index (χ1v) is 12.5. The molecule has 1 aromatic carbocycles. The summed E-state index contributed by atoms with van der Waals surface area (Å²) in [6, 6.07) is 12.1. The van der Waals surface area contributed by atoms with Crippen LogP contribution in [0.25, 0.3) is 0 Å². The lowest BCUT2D eigenvalue weighted by Crippen LogP contribution is -2.43. The van der Waals surface area contributed by atoms with E-state index in [1.807, 2.05) is 11.0 Å². The Hall–Kier alpha value is -3.10. The lowest BCUT2D eigenvalue weighted by atomic mass is 9.96. The Bertz CT molecular complexity index is 1170. The number of carbonyl (C=O) groups is 2. The summed E-state index contributed by atoms with van der Waals surface area (Å²) in [6.07, 6.45) is 0.779. The van der Waals surface area contributed by atoms with Crippen LogP contribution in [0.3, 0.4) is 0 Å². The molecule has 1 aliphatic rings. The predicted octanol–water partition coefficient (Wildman–Crippen LogP) is 2.28. The molecule has 1 aliphatic heterocycles. The van der Waals surface area contributed by atoms with Gasteiger partial charge in [0, 0.05) is 19.0 Å². The molecule has 1 saturated heterocycles. The van der Waals surface area contributed by atoms with Gasteiger partial charge < -0.3 is 9.64 Å². The van der Waals surface area contributed by atoms with E-state index in [-0.39, 0.29) is 28.5 Å². The fourth-order valence-electron chi connectivity index (χ4n) is 3.60. The Kier molecular flexibility index (Phi) is 7.94. The molecule has 0 aliphatic carbocycles. The molecule has 1 aromatic heterocycles. The number of thiol groups is 1. The highest BCUT2D eigenvalue weighted by molar-refractivity contribution is 7.89. The van der Waals surface area contributed by atoms with Gasteiger partial charge in [-0.25, -0.2) is 18.2 Å². The number of amides is 1. The first kappa shape index (κ1) is 24.5. The Morgan fingerprint density at radius 1 is 1.27 bits per heavy atom. The number of ether oxygens (including phenoxy) is 1. The number of anilines is 1. The van der Waals surface area contributed by atoms with Crippen molar-refractivity contribution in [3.8, 4) is 6.07 Å². The summed E-state index contributed by atoms with van der Waals surface area (Å²) in [6.45, 7) is 2.65. The number of nitrogens with zero attached hydrogens (tertiary/aromatic N) is 3. The average molecular weight is 489 g/mol. The van der Waals surface area contributed by atoms with Crippen molar-refractivity contribution in [1.29, 1.82) is 5.26 Å². The number of hydrogen-bond acceptors (Lipinski definition) is 9. The van der Waals surface area contributed by atoms with Crippen LogP contribution >= 0.6 is 12.6 Å². The van der Waals surface area contributed by atoms with Gasteiger partial charge in [0.25, 0.3) is 0 Å². The normalized spacial score (nSPS) is 14.4. The molecule has 2 aromatic rings. The number of carbonyl (C=O) groups excluding carboxylic acids is 2. The zero-order chi connectivity index (χ0) is 24.0. The van der Waals surface area contributed by atoms with Gasteiger partial charge in [0.05, 0.1) is 23.5 Å². The largest absolute Gasteiger partial charge is 0.462 e. The zero-order valence-corrected chi connectivity index (χ0v) is 19.7. The molecule has 0 atom stereocenters. The van der Waals surface area contributed by atoms with Crippen molar-refractivity contribution >= 4 is 40.3 Å². The second-order valence-electron chi connectivity index (χ2n) is 7.54.